The van der Waals surface area contributed by atoms with Crippen LogP contribution in [0.4, 0.5) is 5.69 Å². The monoisotopic (exact) mass is 395 g/mol. The minimum absolute atomic E-state index is 0.155. The molecule has 2 aromatic carbocycles. The van der Waals surface area contributed by atoms with Gasteiger partial charge in [0.2, 0.25) is 5.91 Å². The van der Waals surface area contributed by atoms with Gasteiger partial charge in [0.1, 0.15) is 5.75 Å². The van der Waals surface area contributed by atoms with Gasteiger partial charge in [-0.3, -0.25) is 9.69 Å². The maximum atomic E-state index is 12.7. The Morgan fingerprint density at radius 2 is 1.55 bits per heavy atom. The predicted octanol–water partition coefficient (Wildman–Crippen LogP) is 3.47. The third-order valence-corrected chi connectivity index (χ3v) is 5.52. The highest BCUT2D eigenvalue weighted by Crippen LogP contribution is 2.23. The Morgan fingerprint density at radius 1 is 0.966 bits per heavy atom. The first-order valence-electron chi connectivity index (χ1n) is 10.3. The molecule has 156 valence electrons. The number of carbonyl (C=O) groups excluding carboxylic acids is 1. The van der Waals surface area contributed by atoms with E-state index in [1.165, 1.54) is 11.1 Å². The van der Waals surface area contributed by atoms with E-state index in [-0.39, 0.29) is 17.1 Å². The van der Waals surface area contributed by atoms with Crippen LogP contribution in [-0.4, -0.2) is 60.6 Å². The van der Waals surface area contributed by atoms with Crippen LogP contribution < -0.4 is 4.90 Å². The van der Waals surface area contributed by atoms with Gasteiger partial charge in [-0.05, 0) is 47.9 Å². The molecule has 1 fully saturated rings. The van der Waals surface area contributed by atoms with E-state index in [9.17, 15) is 9.90 Å². The number of aromatic hydroxyl groups is 1. The van der Waals surface area contributed by atoms with Crippen molar-refractivity contribution in [3.8, 4) is 5.75 Å². The summed E-state index contributed by atoms with van der Waals surface area (Å²) >= 11 is 0. The fraction of sp³-hybridized carbons (Fsp3) is 0.458. The molecule has 1 aliphatic rings. The van der Waals surface area contributed by atoms with Gasteiger partial charge in [0.25, 0.3) is 0 Å². The molecule has 5 nitrogen and oxygen atoms in total. The number of carbonyl (C=O) groups is 1. The van der Waals surface area contributed by atoms with Gasteiger partial charge in [-0.1, -0.05) is 45.0 Å². The number of amides is 1. The number of rotatable bonds is 5. The average Bonchev–Trinajstić information content (AvgIpc) is 2.68. The van der Waals surface area contributed by atoms with Gasteiger partial charge in [-0.2, -0.15) is 0 Å². The van der Waals surface area contributed by atoms with E-state index in [0.29, 0.717) is 6.54 Å². The summed E-state index contributed by atoms with van der Waals surface area (Å²) in [5, 5.41) is 9.43. The summed E-state index contributed by atoms with van der Waals surface area (Å²) in [7, 11) is 2.00. The maximum absolute atomic E-state index is 12.7. The van der Waals surface area contributed by atoms with Crippen molar-refractivity contribution in [1.29, 1.82) is 0 Å². The normalized spacial score (nSPS) is 15.1. The second-order valence-electron chi connectivity index (χ2n) is 9.00. The van der Waals surface area contributed by atoms with Crippen LogP contribution in [0.15, 0.2) is 48.5 Å². The van der Waals surface area contributed by atoms with Crippen LogP contribution in [0.2, 0.25) is 0 Å². The minimum atomic E-state index is 0.155. The number of hydrogen-bond acceptors (Lipinski definition) is 4. The lowest BCUT2D eigenvalue weighted by atomic mass is 9.87. The molecule has 1 aliphatic heterocycles. The molecule has 5 heteroatoms. The largest absolute Gasteiger partial charge is 0.508 e. The lowest BCUT2D eigenvalue weighted by molar-refractivity contribution is -0.132. The molecule has 1 heterocycles. The Labute approximate surface area is 174 Å². The van der Waals surface area contributed by atoms with Crippen molar-refractivity contribution in [2.45, 2.75) is 32.7 Å². The number of anilines is 1. The standard InChI is InChI=1S/C24H33N3O2/c1-24(2,3)20-7-5-19(6-8-20)17-25(4)18-23(29)27-15-13-26(14-16-27)21-9-11-22(28)12-10-21/h5-12,28H,13-18H2,1-4H3. The van der Waals surface area contributed by atoms with Crippen molar-refractivity contribution in [1.82, 2.24) is 9.80 Å². The molecule has 1 amide bonds. The summed E-state index contributed by atoms with van der Waals surface area (Å²) in [6.45, 7) is 10.9. The van der Waals surface area contributed by atoms with Crippen molar-refractivity contribution >= 4 is 11.6 Å². The Kier molecular flexibility index (Phi) is 6.48. The van der Waals surface area contributed by atoms with Crippen molar-refractivity contribution in [3.63, 3.8) is 0 Å². The molecule has 0 saturated carbocycles. The summed E-state index contributed by atoms with van der Waals surface area (Å²) in [4.78, 5) is 19.0. The number of piperazine rings is 1. The minimum Gasteiger partial charge on any atom is -0.508 e. The molecule has 29 heavy (non-hydrogen) atoms. The number of hydrogen-bond donors (Lipinski definition) is 1. The highest BCUT2D eigenvalue weighted by molar-refractivity contribution is 5.78. The van der Waals surface area contributed by atoms with Crippen LogP contribution in [0.25, 0.3) is 0 Å². The van der Waals surface area contributed by atoms with E-state index < -0.39 is 0 Å². The maximum Gasteiger partial charge on any atom is 0.236 e. The molecule has 1 N–H and O–H groups in total. The zero-order valence-electron chi connectivity index (χ0n) is 18.1. The molecule has 0 spiro atoms. The second-order valence-corrected chi connectivity index (χ2v) is 9.00. The Hall–Kier alpha value is -2.53. The molecule has 1 saturated heterocycles. The topological polar surface area (TPSA) is 47.0 Å². The number of phenols is 1. The molecule has 0 aromatic heterocycles. The number of phenolic OH excluding ortho intramolecular Hbond substituents is 1. The number of likely N-dealkylation sites (N-methyl/N-ethyl adjacent to an activating group) is 1. The molecule has 3 rings (SSSR count). The molecule has 0 radical (unpaired) electrons. The molecular weight excluding hydrogens is 362 g/mol. The fourth-order valence-corrected chi connectivity index (χ4v) is 3.69. The Bertz CT molecular complexity index is 802. The predicted molar refractivity (Wildman–Crippen MR) is 118 cm³/mol. The molecule has 0 atom stereocenters. The zero-order chi connectivity index (χ0) is 21.0. The smallest absolute Gasteiger partial charge is 0.236 e. The van der Waals surface area contributed by atoms with Gasteiger partial charge in [-0.15, -0.1) is 0 Å². The summed E-state index contributed by atoms with van der Waals surface area (Å²) < 4.78 is 0. The highest BCUT2D eigenvalue weighted by atomic mass is 16.3. The summed E-state index contributed by atoms with van der Waals surface area (Å²) in [6, 6.07) is 16.0. The molecule has 0 bridgehead atoms. The van der Waals surface area contributed by atoms with Gasteiger partial charge in [0, 0.05) is 38.4 Å². The van der Waals surface area contributed by atoms with Crippen LogP contribution in [0.1, 0.15) is 31.9 Å². The van der Waals surface area contributed by atoms with Crippen molar-refractivity contribution in [3.05, 3.63) is 59.7 Å². The van der Waals surface area contributed by atoms with Crippen molar-refractivity contribution in [2.75, 3.05) is 44.7 Å². The molecular formula is C24H33N3O2. The highest BCUT2D eigenvalue weighted by Gasteiger charge is 2.22. The Balaban J connectivity index is 1.47. The van der Waals surface area contributed by atoms with Gasteiger partial charge in [0.15, 0.2) is 0 Å². The van der Waals surface area contributed by atoms with E-state index in [2.05, 4.69) is 54.8 Å². The van der Waals surface area contributed by atoms with Crippen LogP contribution >= 0.6 is 0 Å². The summed E-state index contributed by atoms with van der Waals surface area (Å²) in [5.41, 5.74) is 3.80. The molecule has 2 aromatic rings. The van der Waals surface area contributed by atoms with E-state index in [4.69, 9.17) is 0 Å². The van der Waals surface area contributed by atoms with E-state index in [1.807, 2.05) is 24.1 Å². The first-order valence-corrected chi connectivity index (χ1v) is 10.3. The molecule has 0 unspecified atom stereocenters. The van der Waals surface area contributed by atoms with E-state index >= 15 is 0 Å². The van der Waals surface area contributed by atoms with Crippen LogP contribution in [0.5, 0.6) is 5.75 Å². The van der Waals surface area contributed by atoms with Crippen LogP contribution in [-0.2, 0) is 16.8 Å². The SMILES string of the molecule is CN(CC(=O)N1CCN(c2ccc(O)cc2)CC1)Cc1ccc(C(C)(C)C)cc1. The lowest BCUT2D eigenvalue weighted by Crippen LogP contribution is -2.51. The second kappa shape index (κ2) is 8.87. The fourth-order valence-electron chi connectivity index (χ4n) is 3.69. The lowest BCUT2D eigenvalue weighted by Gasteiger charge is -2.36. The summed E-state index contributed by atoms with van der Waals surface area (Å²) in [5.74, 6) is 0.461. The first-order chi connectivity index (χ1) is 13.7. The quantitative estimate of drug-likeness (QED) is 0.842. The van der Waals surface area contributed by atoms with Gasteiger partial charge >= 0.3 is 0 Å². The van der Waals surface area contributed by atoms with Gasteiger partial charge in [-0.25, -0.2) is 0 Å². The van der Waals surface area contributed by atoms with Crippen molar-refractivity contribution in [2.24, 2.45) is 0 Å². The number of nitrogens with zero attached hydrogens (tertiary/aromatic N) is 3. The van der Waals surface area contributed by atoms with E-state index in [0.717, 1.165) is 38.4 Å². The number of benzene rings is 2. The molecule has 0 aliphatic carbocycles. The van der Waals surface area contributed by atoms with Crippen molar-refractivity contribution < 1.29 is 9.90 Å². The third kappa shape index (κ3) is 5.73. The first kappa shape index (κ1) is 21.2. The zero-order valence-corrected chi connectivity index (χ0v) is 18.1. The third-order valence-electron chi connectivity index (χ3n) is 5.52. The van der Waals surface area contributed by atoms with Gasteiger partial charge in [0.05, 0.1) is 6.54 Å². The van der Waals surface area contributed by atoms with Crippen LogP contribution in [0.3, 0.4) is 0 Å². The van der Waals surface area contributed by atoms with E-state index in [1.54, 1.807) is 12.1 Å². The average molecular weight is 396 g/mol. The van der Waals surface area contributed by atoms with Gasteiger partial charge < -0.3 is 14.9 Å². The summed E-state index contributed by atoms with van der Waals surface area (Å²) in [6.07, 6.45) is 0. The Morgan fingerprint density at radius 3 is 2.10 bits per heavy atom. The van der Waals surface area contributed by atoms with Crippen LogP contribution in [0, 0.1) is 0 Å².